The summed E-state index contributed by atoms with van der Waals surface area (Å²) in [6, 6.07) is 21.5. The highest BCUT2D eigenvalue weighted by atomic mass is 32.2. The molecule has 0 N–H and O–H groups in total. The van der Waals surface area contributed by atoms with Gasteiger partial charge in [0, 0.05) is 0 Å². The Morgan fingerprint density at radius 3 is 1.43 bits per heavy atom. The minimum absolute atomic E-state index is 0.242. The number of alkyl halides is 3. The van der Waals surface area contributed by atoms with E-state index in [-0.39, 0.29) is 10.9 Å². The van der Waals surface area contributed by atoms with Crippen molar-refractivity contribution in [2.24, 2.45) is 0 Å². The molecule has 0 aliphatic carbocycles. The molecular formula is C15H15F3O3S2. The predicted molar refractivity (Wildman–Crippen MR) is 83.1 cm³/mol. The van der Waals surface area contributed by atoms with Crippen LogP contribution >= 0.6 is 0 Å². The second-order valence-electron chi connectivity index (χ2n) is 4.21. The maximum absolute atomic E-state index is 10.7. The van der Waals surface area contributed by atoms with Crippen molar-refractivity contribution < 1.29 is 26.1 Å². The van der Waals surface area contributed by atoms with Crippen molar-refractivity contribution in [3.8, 4) is 0 Å². The largest absolute Gasteiger partial charge is 0.741 e. The molecule has 0 spiro atoms. The second kappa shape index (κ2) is 8.37. The summed E-state index contributed by atoms with van der Waals surface area (Å²) in [6.07, 6.45) is 0. The predicted octanol–water partition coefficient (Wildman–Crippen LogP) is 3.79. The third kappa shape index (κ3) is 6.25. The Kier molecular flexibility index (Phi) is 7.11. The number of rotatable bonds is 3. The summed E-state index contributed by atoms with van der Waals surface area (Å²) < 4.78 is 58.9. The van der Waals surface area contributed by atoms with Crippen molar-refractivity contribution in [1.82, 2.24) is 0 Å². The minimum atomic E-state index is -6.09. The third-order valence-corrected chi connectivity index (χ3v) is 5.45. The van der Waals surface area contributed by atoms with Crippen LogP contribution in [-0.4, -0.2) is 24.2 Å². The van der Waals surface area contributed by atoms with Crippen LogP contribution < -0.4 is 0 Å². The molecule has 3 nitrogen and oxygen atoms in total. The van der Waals surface area contributed by atoms with E-state index in [2.05, 4.69) is 67.6 Å². The Balaban J connectivity index is 0.000000284. The van der Waals surface area contributed by atoms with Crippen LogP contribution in [-0.2, 0) is 21.0 Å². The van der Waals surface area contributed by atoms with Gasteiger partial charge in [0.2, 0.25) is 0 Å². The van der Waals surface area contributed by atoms with E-state index >= 15 is 0 Å². The van der Waals surface area contributed by atoms with Crippen molar-refractivity contribution >= 4 is 21.0 Å². The molecule has 2 rings (SSSR count). The van der Waals surface area contributed by atoms with Crippen LogP contribution in [0.2, 0.25) is 0 Å². The first kappa shape index (κ1) is 19.5. The quantitative estimate of drug-likeness (QED) is 0.473. The lowest BCUT2D eigenvalue weighted by atomic mass is 10.4. The van der Waals surface area contributed by atoms with E-state index in [0.717, 1.165) is 0 Å². The molecule has 2 aromatic carbocycles. The molecule has 0 heterocycles. The van der Waals surface area contributed by atoms with Crippen molar-refractivity contribution in [3.63, 3.8) is 0 Å². The van der Waals surface area contributed by atoms with Crippen LogP contribution in [0.4, 0.5) is 13.2 Å². The van der Waals surface area contributed by atoms with E-state index in [1.807, 2.05) is 0 Å². The van der Waals surface area contributed by atoms with Gasteiger partial charge in [0.15, 0.2) is 19.9 Å². The molecule has 0 saturated carbocycles. The van der Waals surface area contributed by atoms with Gasteiger partial charge < -0.3 is 4.55 Å². The number of benzene rings is 2. The molecule has 0 saturated heterocycles. The molecule has 0 aromatic heterocycles. The molecule has 0 aliphatic rings. The summed E-state index contributed by atoms with van der Waals surface area (Å²) in [6.45, 7) is 2.25. The van der Waals surface area contributed by atoms with E-state index in [4.69, 9.17) is 13.0 Å². The maximum atomic E-state index is 10.7. The Morgan fingerprint density at radius 2 is 1.22 bits per heavy atom. The van der Waals surface area contributed by atoms with E-state index < -0.39 is 15.6 Å². The lowest BCUT2D eigenvalue weighted by Gasteiger charge is -2.08. The van der Waals surface area contributed by atoms with Gasteiger partial charge in [0.25, 0.3) is 0 Å². The number of hydrogen-bond acceptors (Lipinski definition) is 3. The molecule has 0 radical (unpaired) electrons. The van der Waals surface area contributed by atoms with Gasteiger partial charge in [-0.05, 0) is 31.2 Å². The van der Waals surface area contributed by atoms with Gasteiger partial charge in [-0.25, -0.2) is 8.42 Å². The standard InChI is InChI=1S/C14H15S.CHF3O3S/c1-2-15(13-9-5-3-6-10-13)14-11-7-4-8-12-14;2-1(3,4)8(5,6)7/h3-12H,2H2,1H3;(H,5,6,7)/q+1;/p-1. The topological polar surface area (TPSA) is 57.2 Å². The monoisotopic (exact) mass is 364 g/mol. The zero-order chi connectivity index (χ0) is 17.5. The fourth-order valence-electron chi connectivity index (χ4n) is 1.64. The summed E-state index contributed by atoms with van der Waals surface area (Å²) in [7, 11) is -5.85. The molecule has 126 valence electrons. The molecule has 23 heavy (non-hydrogen) atoms. The van der Waals surface area contributed by atoms with Crippen LogP contribution in [0.25, 0.3) is 0 Å². The zero-order valence-corrected chi connectivity index (χ0v) is 13.8. The SMILES string of the molecule is CC[S+](c1ccccc1)c1ccccc1.O=S(=O)([O-])C(F)(F)F. The van der Waals surface area contributed by atoms with Gasteiger partial charge in [-0.2, -0.15) is 13.2 Å². The van der Waals surface area contributed by atoms with Gasteiger partial charge in [0.05, 0.1) is 10.9 Å². The molecule has 0 amide bonds. The van der Waals surface area contributed by atoms with Crippen molar-refractivity contribution in [2.45, 2.75) is 22.2 Å². The van der Waals surface area contributed by atoms with E-state index in [1.165, 1.54) is 15.5 Å². The first-order valence-electron chi connectivity index (χ1n) is 6.50. The minimum Gasteiger partial charge on any atom is -0.741 e. The normalized spacial score (nSPS) is 11.7. The Hall–Kier alpha value is -1.51. The molecule has 0 atom stereocenters. The maximum Gasteiger partial charge on any atom is 0.485 e. The van der Waals surface area contributed by atoms with E-state index in [0.29, 0.717) is 0 Å². The first-order valence-corrected chi connectivity index (χ1v) is 9.30. The van der Waals surface area contributed by atoms with Crippen LogP contribution in [0.5, 0.6) is 0 Å². The Morgan fingerprint density at radius 1 is 0.913 bits per heavy atom. The summed E-state index contributed by atoms with van der Waals surface area (Å²) in [5.74, 6) is 1.17. The van der Waals surface area contributed by atoms with Crippen molar-refractivity contribution in [3.05, 3.63) is 60.7 Å². The summed E-state index contributed by atoms with van der Waals surface area (Å²) in [5, 5.41) is 0. The van der Waals surface area contributed by atoms with Crippen LogP contribution in [0.15, 0.2) is 70.5 Å². The highest BCUT2D eigenvalue weighted by Crippen LogP contribution is 2.22. The number of halogens is 3. The van der Waals surface area contributed by atoms with Crippen molar-refractivity contribution in [2.75, 3.05) is 5.75 Å². The molecule has 2 aromatic rings. The highest BCUT2D eigenvalue weighted by Gasteiger charge is 2.36. The van der Waals surface area contributed by atoms with E-state index in [1.54, 1.807) is 0 Å². The average molecular weight is 364 g/mol. The average Bonchev–Trinajstić information content (AvgIpc) is 2.49. The second-order valence-corrected chi connectivity index (χ2v) is 7.88. The molecule has 0 bridgehead atoms. The molecule has 0 unspecified atom stereocenters. The van der Waals surface area contributed by atoms with Crippen LogP contribution in [0.3, 0.4) is 0 Å². The van der Waals surface area contributed by atoms with Gasteiger partial charge in [-0.15, -0.1) is 0 Å². The summed E-state index contributed by atoms with van der Waals surface area (Å²) >= 11 is 0. The molecule has 8 heteroatoms. The zero-order valence-electron chi connectivity index (χ0n) is 12.2. The highest BCUT2D eigenvalue weighted by molar-refractivity contribution is 7.97. The third-order valence-electron chi connectivity index (χ3n) is 2.63. The lowest BCUT2D eigenvalue weighted by molar-refractivity contribution is -0.0517. The van der Waals surface area contributed by atoms with Gasteiger partial charge >= 0.3 is 5.51 Å². The lowest BCUT2D eigenvalue weighted by Crippen LogP contribution is -2.21. The summed E-state index contributed by atoms with van der Waals surface area (Å²) in [4.78, 5) is 2.87. The van der Waals surface area contributed by atoms with Gasteiger partial charge in [-0.1, -0.05) is 36.4 Å². The fourth-order valence-corrected chi connectivity index (χ4v) is 3.55. The van der Waals surface area contributed by atoms with E-state index in [9.17, 15) is 13.2 Å². The Labute approximate surface area is 136 Å². The van der Waals surface area contributed by atoms with Gasteiger partial charge in [-0.3, -0.25) is 0 Å². The smallest absolute Gasteiger partial charge is 0.485 e. The fraction of sp³-hybridized carbons (Fsp3) is 0.200. The Bertz CT molecular complexity index is 647. The summed E-state index contributed by atoms with van der Waals surface area (Å²) in [5.41, 5.74) is -5.65. The first-order chi connectivity index (χ1) is 10.7. The molecule has 0 fully saturated rings. The van der Waals surface area contributed by atoms with Crippen LogP contribution in [0.1, 0.15) is 6.92 Å². The number of hydrogen-bond donors (Lipinski definition) is 0. The van der Waals surface area contributed by atoms with Crippen molar-refractivity contribution in [1.29, 1.82) is 0 Å². The molecular weight excluding hydrogens is 349 g/mol. The van der Waals surface area contributed by atoms with Gasteiger partial charge in [0.1, 0.15) is 5.75 Å². The molecule has 0 aliphatic heterocycles. The van der Waals surface area contributed by atoms with Crippen LogP contribution in [0, 0.1) is 0 Å².